The zero-order valence-electron chi connectivity index (χ0n) is 16.9. The molecule has 0 aromatic heterocycles. The van der Waals surface area contributed by atoms with Gasteiger partial charge in [0.15, 0.2) is 0 Å². The standard InChI is InChI=1S/C25H21FN4O/c1-19-9-5-6-12-23(19)24(27-22-15-13-20(26)14-16-22)29-25(30-17-7-8-18-31-30)28-21-10-3-2-4-11-21/h2-18H,1H3,(H,27,28,29). The summed E-state index contributed by atoms with van der Waals surface area (Å²) in [6.45, 7) is 2.01. The fourth-order valence-corrected chi connectivity index (χ4v) is 2.93. The molecule has 0 atom stereocenters. The zero-order chi connectivity index (χ0) is 21.5. The van der Waals surface area contributed by atoms with Gasteiger partial charge in [0.05, 0.1) is 5.69 Å². The summed E-state index contributed by atoms with van der Waals surface area (Å²) in [6.07, 6.45) is 6.90. The summed E-state index contributed by atoms with van der Waals surface area (Å²) in [4.78, 5) is 15.1. The number of hydrogen-bond acceptors (Lipinski definition) is 2. The van der Waals surface area contributed by atoms with Crippen LogP contribution in [0.3, 0.4) is 0 Å². The van der Waals surface area contributed by atoms with E-state index in [1.807, 2.05) is 67.6 Å². The van der Waals surface area contributed by atoms with Crippen molar-refractivity contribution in [2.45, 2.75) is 6.92 Å². The van der Waals surface area contributed by atoms with Crippen LogP contribution in [0.5, 0.6) is 0 Å². The molecular formula is C25H21FN4O. The first-order chi connectivity index (χ1) is 15.2. The lowest BCUT2D eigenvalue weighted by atomic mass is 10.1. The molecule has 0 aliphatic carbocycles. The van der Waals surface area contributed by atoms with Crippen LogP contribution < -0.4 is 5.32 Å². The number of amidine groups is 1. The zero-order valence-corrected chi connectivity index (χ0v) is 16.9. The summed E-state index contributed by atoms with van der Waals surface area (Å²) < 4.78 is 13.4. The van der Waals surface area contributed by atoms with Gasteiger partial charge in [0, 0.05) is 17.5 Å². The molecule has 0 unspecified atom stereocenters. The number of hydrogen-bond donors (Lipinski definition) is 1. The summed E-state index contributed by atoms with van der Waals surface area (Å²) in [6, 6.07) is 23.5. The van der Waals surface area contributed by atoms with E-state index in [9.17, 15) is 4.39 Å². The largest absolute Gasteiger partial charge is 0.380 e. The summed E-state index contributed by atoms with van der Waals surface area (Å²) in [5.41, 5.74) is 3.37. The predicted molar refractivity (Wildman–Crippen MR) is 122 cm³/mol. The monoisotopic (exact) mass is 412 g/mol. The van der Waals surface area contributed by atoms with E-state index >= 15 is 0 Å². The molecule has 1 aliphatic heterocycles. The van der Waals surface area contributed by atoms with Gasteiger partial charge >= 0.3 is 0 Å². The third-order valence-corrected chi connectivity index (χ3v) is 4.49. The molecule has 1 N–H and O–H groups in total. The van der Waals surface area contributed by atoms with Gasteiger partial charge in [-0.25, -0.2) is 9.38 Å². The van der Waals surface area contributed by atoms with Gasteiger partial charge in [-0.3, -0.25) is 0 Å². The number of halogens is 1. The van der Waals surface area contributed by atoms with Crippen LogP contribution in [-0.2, 0) is 4.84 Å². The van der Waals surface area contributed by atoms with Crippen molar-refractivity contribution in [3.8, 4) is 0 Å². The fourth-order valence-electron chi connectivity index (χ4n) is 2.93. The second-order valence-corrected chi connectivity index (χ2v) is 6.76. The van der Waals surface area contributed by atoms with Crippen LogP contribution in [0.2, 0.25) is 0 Å². The summed E-state index contributed by atoms with van der Waals surface area (Å²) in [7, 11) is 0. The van der Waals surface area contributed by atoms with Gasteiger partial charge in [-0.2, -0.15) is 4.99 Å². The Bertz CT molecular complexity index is 1150. The van der Waals surface area contributed by atoms with E-state index in [0.717, 1.165) is 16.8 Å². The molecule has 0 bridgehead atoms. The fraction of sp³-hybridized carbons (Fsp3) is 0.0400. The Labute approximate surface area is 180 Å². The number of nitrogens with zero attached hydrogens (tertiary/aromatic N) is 3. The average molecular weight is 412 g/mol. The molecule has 6 heteroatoms. The normalized spacial score (nSPS) is 13.8. The molecule has 1 heterocycles. The number of guanidine groups is 1. The Morgan fingerprint density at radius 2 is 1.65 bits per heavy atom. The average Bonchev–Trinajstić information content (AvgIpc) is 2.81. The predicted octanol–water partition coefficient (Wildman–Crippen LogP) is 5.96. The van der Waals surface area contributed by atoms with E-state index in [-0.39, 0.29) is 5.82 Å². The molecule has 0 spiro atoms. The van der Waals surface area contributed by atoms with Crippen LogP contribution in [-0.4, -0.2) is 16.9 Å². The molecule has 5 nitrogen and oxygen atoms in total. The first-order valence-corrected chi connectivity index (χ1v) is 9.79. The van der Waals surface area contributed by atoms with Crippen LogP contribution in [0, 0.1) is 12.7 Å². The highest BCUT2D eigenvalue weighted by atomic mass is 19.1. The van der Waals surface area contributed by atoms with E-state index in [1.54, 1.807) is 30.7 Å². The minimum Gasteiger partial charge on any atom is -0.380 e. The van der Waals surface area contributed by atoms with Crippen molar-refractivity contribution in [2.75, 3.05) is 5.32 Å². The Hall–Kier alpha value is -4.19. The van der Waals surface area contributed by atoms with E-state index in [2.05, 4.69) is 10.3 Å². The van der Waals surface area contributed by atoms with Gasteiger partial charge < -0.3 is 10.2 Å². The second kappa shape index (κ2) is 9.54. The van der Waals surface area contributed by atoms with Gasteiger partial charge in [0.2, 0.25) is 0 Å². The third kappa shape index (κ3) is 5.25. The highest BCUT2D eigenvalue weighted by Crippen LogP contribution is 2.18. The minimum absolute atomic E-state index is 0.301. The first kappa shape index (κ1) is 20.1. The van der Waals surface area contributed by atoms with Gasteiger partial charge in [-0.15, -0.1) is 5.06 Å². The number of anilines is 1. The molecule has 4 rings (SSSR count). The Morgan fingerprint density at radius 1 is 0.903 bits per heavy atom. The van der Waals surface area contributed by atoms with Crippen molar-refractivity contribution in [2.24, 2.45) is 9.98 Å². The number of benzene rings is 3. The molecule has 0 saturated heterocycles. The molecule has 0 amide bonds. The van der Waals surface area contributed by atoms with Crippen molar-refractivity contribution < 1.29 is 9.23 Å². The first-order valence-electron chi connectivity index (χ1n) is 9.79. The number of aliphatic imine (C=N–C) groups is 2. The Kier molecular flexibility index (Phi) is 6.18. The van der Waals surface area contributed by atoms with Gasteiger partial charge in [-0.1, -0.05) is 42.5 Å². The molecule has 0 saturated carbocycles. The Morgan fingerprint density at radius 3 is 2.35 bits per heavy atom. The third-order valence-electron chi connectivity index (χ3n) is 4.49. The minimum atomic E-state index is -0.301. The molecule has 0 fully saturated rings. The molecule has 1 aliphatic rings. The summed E-state index contributed by atoms with van der Waals surface area (Å²) in [5.74, 6) is 0.593. The highest BCUT2D eigenvalue weighted by molar-refractivity contribution is 6.14. The van der Waals surface area contributed by atoms with Crippen molar-refractivity contribution >= 4 is 23.2 Å². The number of hydroxylamine groups is 2. The van der Waals surface area contributed by atoms with Gasteiger partial charge in [0.1, 0.15) is 17.9 Å². The smallest absolute Gasteiger partial charge is 0.266 e. The number of nitrogens with one attached hydrogen (secondary N) is 1. The topological polar surface area (TPSA) is 49.2 Å². The molecule has 0 radical (unpaired) electrons. The van der Waals surface area contributed by atoms with E-state index < -0.39 is 0 Å². The lowest BCUT2D eigenvalue weighted by Gasteiger charge is -2.20. The van der Waals surface area contributed by atoms with E-state index in [0.29, 0.717) is 17.5 Å². The molecule has 3 aromatic rings. The van der Waals surface area contributed by atoms with Crippen molar-refractivity contribution in [3.05, 3.63) is 120 Å². The van der Waals surface area contributed by atoms with Crippen molar-refractivity contribution in [1.29, 1.82) is 0 Å². The van der Waals surface area contributed by atoms with Crippen LogP contribution in [0.1, 0.15) is 11.1 Å². The lowest BCUT2D eigenvalue weighted by molar-refractivity contribution is 0.0109. The maximum Gasteiger partial charge on any atom is 0.266 e. The van der Waals surface area contributed by atoms with Crippen LogP contribution in [0.15, 0.2) is 113 Å². The van der Waals surface area contributed by atoms with Crippen LogP contribution in [0.4, 0.5) is 15.8 Å². The number of para-hydroxylation sites is 1. The quantitative estimate of drug-likeness (QED) is 0.427. The lowest BCUT2D eigenvalue weighted by Crippen LogP contribution is -2.27. The SMILES string of the molecule is Cc1ccccc1C(=NC(=Nc1ccccc1)N1C=CC=CO1)Nc1ccc(F)cc1. The van der Waals surface area contributed by atoms with Crippen molar-refractivity contribution in [3.63, 3.8) is 0 Å². The van der Waals surface area contributed by atoms with Crippen LogP contribution in [0.25, 0.3) is 0 Å². The van der Waals surface area contributed by atoms with Gasteiger partial charge in [0.25, 0.3) is 5.96 Å². The van der Waals surface area contributed by atoms with E-state index in [4.69, 9.17) is 9.83 Å². The number of rotatable bonds is 3. The second-order valence-electron chi connectivity index (χ2n) is 6.76. The molecule has 31 heavy (non-hydrogen) atoms. The maximum atomic E-state index is 13.4. The maximum absolute atomic E-state index is 13.4. The summed E-state index contributed by atoms with van der Waals surface area (Å²) >= 11 is 0. The highest BCUT2D eigenvalue weighted by Gasteiger charge is 2.15. The molecular weight excluding hydrogens is 391 g/mol. The van der Waals surface area contributed by atoms with Gasteiger partial charge in [-0.05, 0) is 61.0 Å². The number of aryl methyl sites for hydroxylation is 1. The van der Waals surface area contributed by atoms with E-state index in [1.165, 1.54) is 17.2 Å². The Balaban J connectivity index is 1.80. The molecule has 154 valence electrons. The molecule has 3 aromatic carbocycles. The number of allylic oxidation sites excluding steroid dienone is 2. The van der Waals surface area contributed by atoms with Crippen LogP contribution >= 0.6 is 0 Å². The summed E-state index contributed by atoms with van der Waals surface area (Å²) in [5, 5.41) is 4.78. The van der Waals surface area contributed by atoms with Crippen molar-refractivity contribution in [1.82, 2.24) is 5.06 Å².